The minimum Gasteiger partial charge on any atom is -0.486 e. The maximum atomic E-state index is 13.1. The fraction of sp³-hybridized carbons (Fsp3) is 0.280. The first-order valence-corrected chi connectivity index (χ1v) is 10.9. The molecule has 2 aromatic carbocycles. The zero-order chi connectivity index (χ0) is 25.7. The lowest BCUT2D eigenvalue weighted by Gasteiger charge is -2.18. The highest BCUT2D eigenvalue weighted by Crippen LogP contribution is 2.34. The molecule has 1 unspecified atom stereocenters. The predicted molar refractivity (Wildman–Crippen MR) is 125 cm³/mol. The molecule has 1 atom stereocenters. The largest absolute Gasteiger partial charge is 0.486 e. The van der Waals surface area contributed by atoms with Crippen molar-refractivity contribution in [2.24, 2.45) is 0 Å². The minimum atomic E-state index is -1.22. The number of benzene rings is 2. The van der Waals surface area contributed by atoms with Crippen LogP contribution in [0.3, 0.4) is 0 Å². The van der Waals surface area contributed by atoms with Crippen LogP contribution in [0.25, 0.3) is 22.1 Å². The van der Waals surface area contributed by atoms with Gasteiger partial charge in [0.15, 0.2) is 23.5 Å². The Labute approximate surface area is 204 Å². The van der Waals surface area contributed by atoms with E-state index in [4.69, 9.17) is 18.6 Å². The fourth-order valence-corrected chi connectivity index (χ4v) is 3.58. The standard InChI is InChI=1S/C25H23NO10/c1-31-23(28)11-18(25(30)32-2)26-22(27)13-35-15-4-5-16-20(10-15)36-12-17(24(16)29)14-3-6-19-21(9-14)34-8-7-33-19/h3-6,9-10,12,18H,7-8,11,13H2,1-2H3,(H,26,27). The highest BCUT2D eigenvalue weighted by atomic mass is 16.6. The van der Waals surface area contributed by atoms with Crippen LogP contribution in [-0.2, 0) is 23.9 Å². The molecule has 0 aliphatic carbocycles. The van der Waals surface area contributed by atoms with Crippen molar-refractivity contribution in [3.63, 3.8) is 0 Å². The number of rotatable bonds is 8. The third-order valence-corrected chi connectivity index (χ3v) is 5.39. The summed E-state index contributed by atoms with van der Waals surface area (Å²) < 4.78 is 31.4. The summed E-state index contributed by atoms with van der Waals surface area (Å²) in [6.45, 7) is 0.438. The third-order valence-electron chi connectivity index (χ3n) is 5.39. The molecule has 188 valence electrons. The van der Waals surface area contributed by atoms with E-state index >= 15 is 0 Å². The van der Waals surface area contributed by atoms with Gasteiger partial charge in [-0.05, 0) is 29.8 Å². The Hall–Kier alpha value is -4.54. The lowest BCUT2D eigenvalue weighted by atomic mass is 10.0. The van der Waals surface area contributed by atoms with Crippen LogP contribution >= 0.6 is 0 Å². The number of carbonyl (C=O) groups excluding carboxylic acids is 3. The molecule has 0 fully saturated rings. The number of hydrogen-bond donors (Lipinski definition) is 1. The van der Waals surface area contributed by atoms with Gasteiger partial charge in [-0.15, -0.1) is 0 Å². The normalized spacial score (nSPS) is 12.9. The molecule has 3 aromatic rings. The van der Waals surface area contributed by atoms with Crippen LogP contribution in [0.15, 0.2) is 51.9 Å². The maximum Gasteiger partial charge on any atom is 0.328 e. The van der Waals surface area contributed by atoms with E-state index in [9.17, 15) is 19.2 Å². The van der Waals surface area contributed by atoms with E-state index in [1.165, 1.54) is 31.6 Å². The Morgan fingerprint density at radius 3 is 2.53 bits per heavy atom. The molecule has 0 bridgehead atoms. The van der Waals surface area contributed by atoms with Crippen molar-refractivity contribution in [3.8, 4) is 28.4 Å². The summed E-state index contributed by atoms with van der Waals surface area (Å²) in [4.78, 5) is 48.6. The molecule has 11 nitrogen and oxygen atoms in total. The molecule has 0 spiro atoms. The maximum absolute atomic E-state index is 13.1. The Morgan fingerprint density at radius 2 is 1.78 bits per heavy atom. The van der Waals surface area contributed by atoms with Crippen molar-refractivity contribution in [2.45, 2.75) is 12.5 Å². The van der Waals surface area contributed by atoms with E-state index in [1.54, 1.807) is 18.2 Å². The number of esters is 2. The lowest BCUT2D eigenvalue weighted by Crippen LogP contribution is -2.44. The third kappa shape index (κ3) is 5.40. The van der Waals surface area contributed by atoms with Crippen molar-refractivity contribution in [1.82, 2.24) is 5.32 Å². The van der Waals surface area contributed by atoms with E-state index in [2.05, 4.69) is 14.8 Å². The molecule has 4 rings (SSSR count). The van der Waals surface area contributed by atoms with Gasteiger partial charge in [0.1, 0.15) is 36.9 Å². The molecule has 2 heterocycles. The Bertz CT molecular complexity index is 1360. The van der Waals surface area contributed by atoms with Gasteiger partial charge >= 0.3 is 11.9 Å². The molecule has 0 radical (unpaired) electrons. The highest BCUT2D eigenvalue weighted by molar-refractivity contribution is 5.88. The van der Waals surface area contributed by atoms with Gasteiger partial charge in [0.25, 0.3) is 5.91 Å². The van der Waals surface area contributed by atoms with Gasteiger partial charge in [-0.25, -0.2) is 4.79 Å². The molecule has 0 saturated carbocycles. The van der Waals surface area contributed by atoms with Crippen LogP contribution in [0, 0.1) is 0 Å². The van der Waals surface area contributed by atoms with E-state index in [0.29, 0.717) is 41.2 Å². The summed E-state index contributed by atoms with van der Waals surface area (Å²) in [7, 11) is 2.30. The number of hydrogen-bond acceptors (Lipinski definition) is 10. The highest BCUT2D eigenvalue weighted by Gasteiger charge is 2.25. The number of ether oxygens (including phenoxy) is 5. The van der Waals surface area contributed by atoms with Gasteiger partial charge in [0.2, 0.25) is 0 Å². The van der Waals surface area contributed by atoms with E-state index in [1.807, 2.05) is 0 Å². The van der Waals surface area contributed by atoms with Gasteiger partial charge in [0, 0.05) is 6.07 Å². The van der Waals surface area contributed by atoms with Crippen molar-refractivity contribution in [3.05, 3.63) is 52.9 Å². The van der Waals surface area contributed by atoms with E-state index in [-0.39, 0.29) is 23.2 Å². The molecule has 36 heavy (non-hydrogen) atoms. The molecular formula is C25H23NO10. The monoisotopic (exact) mass is 497 g/mol. The molecule has 1 aliphatic rings. The smallest absolute Gasteiger partial charge is 0.328 e. The first kappa shape index (κ1) is 24.6. The quantitative estimate of drug-likeness (QED) is 0.459. The molecular weight excluding hydrogens is 474 g/mol. The number of methoxy groups -OCH3 is 2. The first-order valence-electron chi connectivity index (χ1n) is 10.9. The zero-order valence-corrected chi connectivity index (χ0v) is 19.5. The molecule has 1 amide bonds. The fourth-order valence-electron chi connectivity index (χ4n) is 3.58. The van der Waals surface area contributed by atoms with E-state index in [0.717, 1.165) is 7.11 Å². The van der Waals surface area contributed by atoms with Crippen molar-refractivity contribution < 1.29 is 42.5 Å². The second kappa shape index (κ2) is 10.8. The summed E-state index contributed by atoms with van der Waals surface area (Å²) >= 11 is 0. The van der Waals surface area contributed by atoms with E-state index < -0.39 is 30.5 Å². The van der Waals surface area contributed by atoms with Crippen molar-refractivity contribution in [1.29, 1.82) is 0 Å². The van der Waals surface area contributed by atoms with Crippen LogP contribution < -0.4 is 25.0 Å². The summed E-state index contributed by atoms with van der Waals surface area (Å²) in [5.74, 6) is -0.715. The van der Waals surface area contributed by atoms with Crippen molar-refractivity contribution in [2.75, 3.05) is 34.0 Å². The Balaban J connectivity index is 1.46. The number of fused-ring (bicyclic) bond motifs is 2. The average molecular weight is 497 g/mol. The Morgan fingerprint density at radius 1 is 1.00 bits per heavy atom. The number of nitrogens with one attached hydrogen (secondary N) is 1. The minimum absolute atomic E-state index is 0.249. The van der Waals surface area contributed by atoms with Crippen LogP contribution in [0.1, 0.15) is 6.42 Å². The van der Waals surface area contributed by atoms with Crippen LogP contribution in [0.2, 0.25) is 0 Å². The SMILES string of the molecule is COC(=O)CC(NC(=O)COc1ccc2c(=O)c(-c3ccc4c(c3)OCCO4)coc2c1)C(=O)OC. The summed E-state index contributed by atoms with van der Waals surface area (Å²) in [5, 5.41) is 2.69. The van der Waals surface area contributed by atoms with Crippen LogP contribution in [0.5, 0.6) is 17.2 Å². The molecule has 1 aliphatic heterocycles. The lowest BCUT2D eigenvalue weighted by molar-refractivity contribution is -0.150. The predicted octanol–water partition coefficient (Wildman–Crippen LogP) is 1.83. The number of carbonyl (C=O) groups is 3. The molecule has 11 heteroatoms. The second-order valence-electron chi connectivity index (χ2n) is 7.71. The Kier molecular flexibility index (Phi) is 7.38. The van der Waals surface area contributed by atoms with Gasteiger partial charge in [-0.3, -0.25) is 14.4 Å². The van der Waals surface area contributed by atoms with Crippen molar-refractivity contribution >= 4 is 28.8 Å². The second-order valence-corrected chi connectivity index (χ2v) is 7.71. The topological polar surface area (TPSA) is 140 Å². The van der Waals surface area contributed by atoms with Crippen LogP contribution in [-0.4, -0.2) is 57.9 Å². The number of amides is 1. The zero-order valence-electron chi connectivity index (χ0n) is 19.5. The summed E-state index contributed by atoms with van der Waals surface area (Å²) in [6, 6.07) is 8.53. The summed E-state index contributed by atoms with van der Waals surface area (Å²) in [5.41, 5.74) is 0.990. The molecule has 0 saturated heterocycles. The van der Waals surface area contributed by atoms with Gasteiger partial charge < -0.3 is 33.4 Å². The van der Waals surface area contributed by atoms with Gasteiger partial charge in [-0.1, -0.05) is 6.07 Å². The van der Waals surface area contributed by atoms with Gasteiger partial charge in [-0.2, -0.15) is 0 Å². The summed E-state index contributed by atoms with van der Waals surface area (Å²) in [6.07, 6.45) is 0.960. The van der Waals surface area contributed by atoms with Crippen LogP contribution in [0.4, 0.5) is 0 Å². The molecule has 1 aromatic heterocycles. The first-order chi connectivity index (χ1) is 17.4. The average Bonchev–Trinajstić information content (AvgIpc) is 2.90. The molecule has 1 N–H and O–H groups in total. The van der Waals surface area contributed by atoms with Gasteiger partial charge in [0.05, 0.1) is 31.6 Å².